The van der Waals surface area contributed by atoms with Crippen LogP contribution >= 0.6 is 0 Å². The summed E-state index contributed by atoms with van der Waals surface area (Å²) in [6, 6.07) is 25.0. The fourth-order valence-corrected chi connectivity index (χ4v) is 6.49. The van der Waals surface area contributed by atoms with Gasteiger partial charge in [0, 0.05) is 45.2 Å². The summed E-state index contributed by atoms with van der Waals surface area (Å²) in [4.78, 5) is 31.9. The van der Waals surface area contributed by atoms with Crippen molar-refractivity contribution in [3.05, 3.63) is 102 Å². The zero-order valence-corrected chi connectivity index (χ0v) is 25.2. The van der Waals surface area contributed by atoms with Gasteiger partial charge in [-0.2, -0.15) is 0 Å². The van der Waals surface area contributed by atoms with Crippen LogP contribution in [0.25, 0.3) is 0 Å². The maximum atomic E-state index is 13.9. The second kappa shape index (κ2) is 14.7. The molecule has 1 aliphatic carbocycles. The van der Waals surface area contributed by atoms with Gasteiger partial charge in [-0.15, -0.1) is 0 Å². The maximum absolute atomic E-state index is 13.9. The first-order chi connectivity index (χ1) is 20.9. The molecule has 228 valence electrons. The lowest BCUT2D eigenvalue weighted by molar-refractivity contribution is -0.141. The first kappa shape index (κ1) is 30.9. The zero-order valence-electron chi connectivity index (χ0n) is 24.4. The van der Waals surface area contributed by atoms with Crippen molar-refractivity contribution in [2.24, 2.45) is 0 Å². The molecule has 1 atom stereocenters. The standard InChI is InChI=1S/C33H40N4O5S/c38-31(18-13-26-11-16-30(17-12-26)43(40,41)35-29-14-15-29)37(25-27-7-3-1-4-8-27)32(28-9-5-2-6-10-28)33(39)34-19-20-36-21-23-42-24-22-36/h1-12,16-17,29,32,35H,13-15,18-25H2,(H,34,39)/t32-/m0/s1. The number of amides is 2. The number of hydrogen-bond donors (Lipinski definition) is 2. The summed E-state index contributed by atoms with van der Waals surface area (Å²) in [7, 11) is -3.54. The molecule has 2 N–H and O–H groups in total. The van der Waals surface area contributed by atoms with Crippen LogP contribution in [0.2, 0.25) is 0 Å². The van der Waals surface area contributed by atoms with Gasteiger partial charge in [0.15, 0.2) is 0 Å². The third-order valence-corrected chi connectivity index (χ3v) is 9.32. The second-order valence-corrected chi connectivity index (χ2v) is 12.8. The number of aryl methyl sites for hydroxylation is 1. The molecule has 1 heterocycles. The highest BCUT2D eigenvalue weighted by atomic mass is 32.2. The van der Waals surface area contributed by atoms with Crippen LogP contribution in [0.1, 0.15) is 42.0 Å². The maximum Gasteiger partial charge on any atom is 0.247 e. The number of nitrogens with zero attached hydrogens (tertiary/aromatic N) is 2. The summed E-state index contributed by atoms with van der Waals surface area (Å²) >= 11 is 0. The SMILES string of the molecule is O=C(NCCN1CCOCC1)[C@H](c1ccccc1)N(Cc1ccccc1)C(=O)CCc1ccc(S(=O)(=O)NC2CC2)cc1. The predicted octanol–water partition coefficient (Wildman–Crippen LogP) is 3.28. The summed E-state index contributed by atoms with van der Waals surface area (Å²) in [5.74, 6) is -0.380. The molecule has 5 rings (SSSR count). The normalized spacial score (nSPS) is 16.4. The lowest BCUT2D eigenvalue weighted by atomic mass is 10.0. The number of nitrogens with one attached hydrogen (secondary N) is 2. The molecule has 0 aromatic heterocycles. The Morgan fingerprint density at radius 1 is 0.884 bits per heavy atom. The van der Waals surface area contributed by atoms with Crippen LogP contribution in [-0.2, 0) is 37.3 Å². The summed E-state index contributed by atoms with van der Waals surface area (Å²) in [5, 5.41) is 3.08. The Morgan fingerprint density at radius 3 is 2.19 bits per heavy atom. The fraction of sp³-hybridized carbons (Fsp3) is 0.394. The molecule has 2 amide bonds. The van der Waals surface area contributed by atoms with Gasteiger partial charge in [0.1, 0.15) is 6.04 Å². The third-order valence-electron chi connectivity index (χ3n) is 7.78. The van der Waals surface area contributed by atoms with Crippen molar-refractivity contribution in [3.63, 3.8) is 0 Å². The van der Waals surface area contributed by atoms with Crippen molar-refractivity contribution in [3.8, 4) is 0 Å². The zero-order chi connectivity index (χ0) is 30.1. The Labute approximate surface area is 254 Å². The molecule has 9 nitrogen and oxygen atoms in total. The Kier molecular flexibility index (Phi) is 10.6. The average molecular weight is 605 g/mol. The van der Waals surface area contributed by atoms with E-state index in [1.807, 2.05) is 60.7 Å². The molecule has 0 spiro atoms. The molecule has 0 bridgehead atoms. The summed E-state index contributed by atoms with van der Waals surface area (Å²) in [5.41, 5.74) is 2.52. The first-order valence-corrected chi connectivity index (χ1v) is 16.4. The molecule has 2 fully saturated rings. The Hall–Kier alpha value is -3.57. The van der Waals surface area contributed by atoms with Gasteiger partial charge in [-0.3, -0.25) is 14.5 Å². The highest BCUT2D eigenvalue weighted by molar-refractivity contribution is 7.89. The minimum Gasteiger partial charge on any atom is -0.379 e. The van der Waals surface area contributed by atoms with Gasteiger partial charge in [0.05, 0.1) is 18.1 Å². The number of carbonyl (C=O) groups excluding carboxylic acids is 2. The van der Waals surface area contributed by atoms with Crippen molar-refractivity contribution in [2.45, 2.75) is 49.2 Å². The minimum atomic E-state index is -3.54. The van der Waals surface area contributed by atoms with Gasteiger partial charge < -0.3 is 15.0 Å². The molecule has 1 aliphatic heterocycles. The van der Waals surface area contributed by atoms with E-state index in [0.29, 0.717) is 32.7 Å². The van der Waals surface area contributed by atoms with Crippen molar-refractivity contribution < 1.29 is 22.7 Å². The lowest BCUT2D eigenvalue weighted by Gasteiger charge is -2.32. The van der Waals surface area contributed by atoms with E-state index in [9.17, 15) is 18.0 Å². The number of rotatable bonds is 14. The van der Waals surface area contributed by atoms with Gasteiger partial charge in [-0.1, -0.05) is 72.8 Å². The smallest absolute Gasteiger partial charge is 0.247 e. The molecule has 1 saturated carbocycles. The van der Waals surface area contributed by atoms with Gasteiger partial charge in [0.25, 0.3) is 0 Å². The summed E-state index contributed by atoms with van der Waals surface area (Å²) in [6.45, 7) is 4.51. The average Bonchev–Trinajstić information content (AvgIpc) is 3.85. The van der Waals surface area contributed by atoms with Gasteiger partial charge in [0.2, 0.25) is 21.8 Å². The van der Waals surface area contributed by atoms with Crippen LogP contribution < -0.4 is 10.0 Å². The van der Waals surface area contributed by atoms with Crippen molar-refractivity contribution >= 4 is 21.8 Å². The highest BCUT2D eigenvalue weighted by Crippen LogP contribution is 2.26. The van der Waals surface area contributed by atoms with E-state index in [1.54, 1.807) is 29.2 Å². The molecule has 0 radical (unpaired) electrons. The van der Waals surface area contributed by atoms with E-state index in [1.165, 1.54) is 0 Å². The van der Waals surface area contributed by atoms with Crippen molar-refractivity contribution in [1.29, 1.82) is 0 Å². The van der Waals surface area contributed by atoms with Gasteiger partial charge >= 0.3 is 0 Å². The van der Waals surface area contributed by atoms with Crippen LogP contribution in [-0.4, -0.2) is 75.5 Å². The lowest BCUT2D eigenvalue weighted by Crippen LogP contribution is -2.46. The van der Waals surface area contributed by atoms with Crippen LogP contribution in [0.3, 0.4) is 0 Å². The van der Waals surface area contributed by atoms with Gasteiger partial charge in [-0.25, -0.2) is 13.1 Å². The predicted molar refractivity (Wildman–Crippen MR) is 165 cm³/mol. The molecule has 10 heteroatoms. The molecule has 3 aromatic carbocycles. The van der Waals surface area contributed by atoms with Gasteiger partial charge in [-0.05, 0) is 48.1 Å². The van der Waals surface area contributed by atoms with E-state index in [-0.39, 0.29) is 35.7 Å². The summed E-state index contributed by atoms with van der Waals surface area (Å²) < 4.78 is 33.2. The number of sulfonamides is 1. The van der Waals surface area contributed by atoms with E-state index in [0.717, 1.165) is 42.6 Å². The quantitative estimate of drug-likeness (QED) is 0.293. The number of benzene rings is 3. The molecule has 1 saturated heterocycles. The number of carbonyl (C=O) groups is 2. The molecule has 3 aromatic rings. The second-order valence-electron chi connectivity index (χ2n) is 11.1. The van der Waals surface area contributed by atoms with Crippen LogP contribution in [0.4, 0.5) is 0 Å². The third kappa shape index (κ3) is 8.96. The van der Waals surface area contributed by atoms with Crippen molar-refractivity contribution in [1.82, 2.24) is 19.8 Å². The van der Waals surface area contributed by atoms with E-state index in [2.05, 4.69) is 14.9 Å². The monoisotopic (exact) mass is 604 g/mol. The Balaban J connectivity index is 1.31. The van der Waals surface area contributed by atoms with E-state index < -0.39 is 16.1 Å². The van der Waals surface area contributed by atoms with Crippen molar-refractivity contribution in [2.75, 3.05) is 39.4 Å². The van der Waals surface area contributed by atoms with Crippen LogP contribution in [0, 0.1) is 0 Å². The summed E-state index contributed by atoms with van der Waals surface area (Å²) in [6.07, 6.45) is 2.33. The van der Waals surface area contributed by atoms with Crippen LogP contribution in [0.15, 0.2) is 89.8 Å². The highest BCUT2D eigenvalue weighted by Gasteiger charge is 2.32. The first-order valence-electron chi connectivity index (χ1n) is 15.0. The Bertz CT molecular complexity index is 1440. The molecule has 43 heavy (non-hydrogen) atoms. The number of morpholine rings is 1. The largest absolute Gasteiger partial charge is 0.379 e. The minimum absolute atomic E-state index is 0.0343. The molecular formula is C33H40N4O5S. The fourth-order valence-electron chi connectivity index (χ4n) is 5.19. The molecule has 0 unspecified atom stereocenters. The number of hydrogen-bond acceptors (Lipinski definition) is 6. The van der Waals surface area contributed by atoms with E-state index >= 15 is 0 Å². The topological polar surface area (TPSA) is 108 Å². The molecular weight excluding hydrogens is 564 g/mol. The Morgan fingerprint density at radius 2 is 1.53 bits per heavy atom. The molecule has 2 aliphatic rings. The van der Waals surface area contributed by atoms with E-state index in [4.69, 9.17) is 4.74 Å². The van der Waals surface area contributed by atoms with Crippen LogP contribution in [0.5, 0.6) is 0 Å². The number of ether oxygens (including phenoxy) is 1.